The van der Waals surface area contributed by atoms with Crippen molar-refractivity contribution in [2.45, 2.75) is 13.3 Å². The summed E-state index contributed by atoms with van der Waals surface area (Å²) in [4.78, 5) is 32.7. The quantitative estimate of drug-likeness (QED) is 0.657. The lowest BCUT2D eigenvalue weighted by molar-refractivity contribution is 0.0989. The number of carbonyl (C=O) groups excluding carboxylic acids is 2. The molecule has 1 aromatic heterocycles. The minimum atomic E-state index is -0.523. The highest BCUT2D eigenvalue weighted by Gasteiger charge is 2.17. The third kappa shape index (κ3) is 4.30. The Labute approximate surface area is 161 Å². The molecule has 0 aliphatic carbocycles. The molecule has 136 valence electrons. The van der Waals surface area contributed by atoms with Crippen LogP contribution in [0.1, 0.15) is 32.0 Å². The van der Waals surface area contributed by atoms with Crippen molar-refractivity contribution in [1.29, 1.82) is 0 Å². The fraction of sp³-hybridized carbons (Fsp3) is 0.100. The monoisotopic (exact) mass is 380 g/mol. The molecule has 0 atom stereocenters. The van der Waals surface area contributed by atoms with Crippen LogP contribution in [-0.2, 0) is 6.42 Å². The molecule has 0 unspecified atom stereocenters. The second-order valence-electron chi connectivity index (χ2n) is 5.99. The van der Waals surface area contributed by atoms with Crippen LogP contribution in [-0.4, -0.2) is 21.7 Å². The lowest BCUT2D eigenvalue weighted by Gasteiger charge is -2.11. The van der Waals surface area contributed by atoms with E-state index in [1.807, 2.05) is 37.3 Å². The van der Waals surface area contributed by atoms with Crippen molar-refractivity contribution in [2.24, 2.45) is 0 Å². The minimum Gasteiger partial charge on any atom is -0.382 e. The van der Waals surface area contributed by atoms with Crippen LogP contribution < -0.4 is 11.1 Å². The first-order valence-electron chi connectivity index (χ1n) is 8.21. The van der Waals surface area contributed by atoms with Crippen LogP contribution in [0.3, 0.4) is 0 Å². The molecule has 0 bridgehead atoms. The fourth-order valence-electron chi connectivity index (χ4n) is 2.54. The molecule has 27 heavy (non-hydrogen) atoms. The summed E-state index contributed by atoms with van der Waals surface area (Å²) >= 11 is 6.00. The summed E-state index contributed by atoms with van der Waals surface area (Å²) < 4.78 is 0. The molecular weight excluding hydrogens is 364 g/mol. The summed E-state index contributed by atoms with van der Waals surface area (Å²) in [7, 11) is 0. The molecule has 3 aromatic rings. The number of halogens is 1. The molecular formula is C20H17ClN4O2. The molecule has 0 fully saturated rings. The van der Waals surface area contributed by atoms with Gasteiger partial charge in [-0.3, -0.25) is 9.59 Å². The standard InChI is InChI=1S/C20H17ClN4O2/c1-12-7-8-14(16(26)9-13-5-3-2-4-6-13)10-15(12)25-20(27)18-17(21)19(22)24-11-23-18/h2-8,10-11H,9H2,1H3,(H,25,27)(H2,22,23,24). The number of anilines is 2. The maximum atomic E-state index is 12.6. The highest BCUT2D eigenvalue weighted by atomic mass is 35.5. The van der Waals surface area contributed by atoms with Gasteiger partial charge in [-0.05, 0) is 24.1 Å². The van der Waals surface area contributed by atoms with Crippen molar-refractivity contribution < 1.29 is 9.59 Å². The summed E-state index contributed by atoms with van der Waals surface area (Å²) in [6.45, 7) is 1.83. The maximum Gasteiger partial charge on any atom is 0.276 e. The van der Waals surface area contributed by atoms with Crippen LogP contribution in [0.15, 0.2) is 54.9 Å². The Bertz CT molecular complexity index is 1010. The molecule has 0 radical (unpaired) electrons. The van der Waals surface area contributed by atoms with Gasteiger partial charge in [0.05, 0.1) is 0 Å². The van der Waals surface area contributed by atoms with Gasteiger partial charge in [0.1, 0.15) is 17.2 Å². The number of rotatable bonds is 5. The predicted molar refractivity (Wildman–Crippen MR) is 105 cm³/mol. The molecule has 0 spiro atoms. The number of benzene rings is 2. The molecule has 7 heteroatoms. The van der Waals surface area contributed by atoms with Crippen molar-refractivity contribution in [3.8, 4) is 0 Å². The fourth-order valence-corrected chi connectivity index (χ4v) is 2.72. The topological polar surface area (TPSA) is 98.0 Å². The van der Waals surface area contributed by atoms with Crippen LogP contribution in [0.25, 0.3) is 0 Å². The Balaban J connectivity index is 1.82. The molecule has 3 N–H and O–H groups in total. The van der Waals surface area contributed by atoms with Gasteiger partial charge in [-0.25, -0.2) is 9.97 Å². The van der Waals surface area contributed by atoms with E-state index >= 15 is 0 Å². The first-order valence-corrected chi connectivity index (χ1v) is 8.58. The molecule has 1 amide bonds. The van der Waals surface area contributed by atoms with Gasteiger partial charge < -0.3 is 11.1 Å². The SMILES string of the molecule is Cc1ccc(C(=O)Cc2ccccc2)cc1NC(=O)c1ncnc(N)c1Cl. The van der Waals surface area contributed by atoms with E-state index in [2.05, 4.69) is 15.3 Å². The Kier molecular flexibility index (Phi) is 5.47. The number of nitrogens with one attached hydrogen (secondary N) is 1. The zero-order valence-corrected chi connectivity index (χ0v) is 15.3. The predicted octanol–water partition coefficient (Wildman–Crippen LogP) is 3.70. The number of hydrogen-bond acceptors (Lipinski definition) is 5. The van der Waals surface area contributed by atoms with E-state index in [0.29, 0.717) is 11.3 Å². The Morgan fingerprint density at radius 3 is 2.59 bits per heavy atom. The average Bonchev–Trinajstić information content (AvgIpc) is 2.66. The van der Waals surface area contributed by atoms with Crippen molar-refractivity contribution in [1.82, 2.24) is 9.97 Å². The largest absolute Gasteiger partial charge is 0.382 e. The second-order valence-corrected chi connectivity index (χ2v) is 6.37. The minimum absolute atomic E-state index is 0.0102. The number of nitrogens with two attached hydrogens (primary N) is 1. The Hall–Kier alpha value is -3.25. The number of amides is 1. The number of hydrogen-bond donors (Lipinski definition) is 2. The third-order valence-corrected chi connectivity index (χ3v) is 4.42. The highest BCUT2D eigenvalue weighted by Crippen LogP contribution is 2.22. The van der Waals surface area contributed by atoms with Crippen molar-refractivity contribution in [3.63, 3.8) is 0 Å². The molecule has 0 saturated carbocycles. The zero-order valence-electron chi connectivity index (χ0n) is 14.6. The summed E-state index contributed by atoms with van der Waals surface area (Å²) in [6, 6.07) is 14.7. The molecule has 0 aliphatic heterocycles. The lowest BCUT2D eigenvalue weighted by atomic mass is 10.0. The number of carbonyl (C=O) groups is 2. The van der Waals surface area contributed by atoms with E-state index in [4.69, 9.17) is 17.3 Å². The van der Waals surface area contributed by atoms with Crippen LogP contribution in [0, 0.1) is 6.92 Å². The molecule has 2 aromatic carbocycles. The number of ketones is 1. The summed E-state index contributed by atoms with van der Waals surface area (Å²) in [5, 5.41) is 2.72. The number of aryl methyl sites for hydroxylation is 1. The molecule has 0 saturated heterocycles. The first kappa shape index (κ1) is 18.5. The second kappa shape index (κ2) is 7.97. The normalized spacial score (nSPS) is 10.4. The van der Waals surface area contributed by atoms with E-state index in [0.717, 1.165) is 11.1 Å². The maximum absolute atomic E-state index is 12.6. The van der Waals surface area contributed by atoms with Crippen LogP contribution >= 0.6 is 11.6 Å². The molecule has 6 nitrogen and oxygen atoms in total. The van der Waals surface area contributed by atoms with E-state index in [1.54, 1.807) is 18.2 Å². The van der Waals surface area contributed by atoms with E-state index in [-0.39, 0.29) is 28.7 Å². The van der Waals surface area contributed by atoms with Gasteiger partial charge in [0, 0.05) is 17.7 Å². The Morgan fingerprint density at radius 2 is 1.85 bits per heavy atom. The lowest BCUT2D eigenvalue weighted by Crippen LogP contribution is -2.16. The number of nitrogen functional groups attached to an aromatic ring is 1. The van der Waals surface area contributed by atoms with Crippen molar-refractivity contribution in [2.75, 3.05) is 11.1 Å². The van der Waals surface area contributed by atoms with Crippen LogP contribution in [0.5, 0.6) is 0 Å². The zero-order chi connectivity index (χ0) is 19.4. The van der Waals surface area contributed by atoms with E-state index in [1.165, 1.54) is 6.33 Å². The Morgan fingerprint density at radius 1 is 1.11 bits per heavy atom. The van der Waals surface area contributed by atoms with Gasteiger partial charge in [0.15, 0.2) is 11.5 Å². The number of nitrogens with zero attached hydrogens (tertiary/aromatic N) is 2. The van der Waals surface area contributed by atoms with Gasteiger partial charge in [-0.1, -0.05) is 54.1 Å². The molecule has 0 aliphatic rings. The van der Waals surface area contributed by atoms with E-state index in [9.17, 15) is 9.59 Å². The number of aromatic nitrogens is 2. The first-order chi connectivity index (χ1) is 13.0. The van der Waals surface area contributed by atoms with Crippen molar-refractivity contribution in [3.05, 3.63) is 82.3 Å². The summed E-state index contributed by atoms with van der Waals surface area (Å²) in [5.74, 6) is -0.536. The van der Waals surface area contributed by atoms with Gasteiger partial charge in [0.25, 0.3) is 5.91 Å². The van der Waals surface area contributed by atoms with Crippen LogP contribution in [0.2, 0.25) is 5.02 Å². The van der Waals surface area contributed by atoms with Crippen LogP contribution in [0.4, 0.5) is 11.5 Å². The number of Topliss-reactive ketones (excluding diaryl/α,β-unsaturated/α-hetero) is 1. The van der Waals surface area contributed by atoms with Gasteiger partial charge >= 0.3 is 0 Å². The summed E-state index contributed by atoms with van der Waals surface area (Å²) in [5.41, 5.74) is 8.33. The van der Waals surface area contributed by atoms with Crippen molar-refractivity contribution >= 4 is 34.8 Å². The smallest absolute Gasteiger partial charge is 0.276 e. The summed E-state index contributed by atoms with van der Waals surface area (Å²) in [6.07, 6.45) is 1.45. The van der Waals surface area contributed by atoms with E-state index < -0.39 is 5.91 Å². The molecule has 3 rings (SSSR count). The molecule has 1 heterocycles. The average molecular weight is 381 g/mol. The van der Waals surface area contributed by atoms with Gasteiger partial charge in [0.2, 0.25) is 0 Å². The highest BCUT2D eigenvalue weighted by molar-refractivity contribution is 6.36. The third-order valence-electron chi connectivity index (χ3n) is 4.05. The van der Waals surface area contributed by atoms with Gasteiger partial charge in [-0.15, -0.1) is 0 Å². The van der Waals surface area contributed by atoms with Gasteiger partial charge in [-0.2, -0.15) is 0 Å².